The highest BCUT2D eigenvalue weighted by Gasteiger charge is 2.15. The summed E-state index contributed by atoms with van der Waals surface area (Å²) in [6.07, 6.45) is 6.91. The van der Waals surface area contributed by atoms with Gasteiger partial charge in [-0.3, -0.25) is 0 Å². The van der Waals surface area contributed by atoms with Crippen molar-refractivity contribution in [3.63, 3.8) is 0 Å². The van der Waals surface area contributed by atoms with Crippen molar-refractivity contribution in [2.24, 2.45) is 0 Å². The highest BCUT2D eigenvalue weighted by Crippen LogP contribution is 2.25. The lowest BCUT2D eigenvalue weighted by atomic mass is 10.1. The molecular formula is C20H26ClN5. The summed E-state index contributed by atoms with van der Waals surface area (Å²) in [5, 5.41) is 0.560. The summed E-state index contributed by atoms with van der Waals surface area (Å²) in [7, 11) is 4.16. The lowest BCUT2D eigenvalue weighted by Crippen LogP contribution is -2.11. The fraction of sp³-hybridized carbons (Fsp3) is 0.400. The third-order valence-corrected chi connectivity index (χ3v) is 4.52. The van der Waals surface area contributed by atoms with Crippen molar-refractivity contribution in [1.29, 1.82) is 0 Å². The van der Waals surface area contributed by atoms with Crippen LogP contribution in [0.1, 0.15) is 36.7 Å². The van der Waals surface area contributed by atoms with E-state index in [1.165, 1.54) is 11.1 Å². The molecule has 0 aliphatic carbocycles. The summed E-state index contributed by atoms with van der Waals surface area (Å²) in [6.45, 7) is 3.84. The standard InChI is InChI=1S/C20H26ClN5/c1-4-5-9-17-23-18(19(21)24-17)20-22-10-11-26(20)14-16-8-6-7-15(12-16)13-25(2)3/h6-8,10-12H,4-5,9,13-14H2,1-3H3,(H,23,24). The van der Waals surface area contributed by atoms with Gasteiger partial charge in [-0.05, 0) is 31.6 Å². The van der Waals surface area contributed by atoms with Gasteiger partial charge in [0, 0.05) is 31.9 Å². The Kier molecular flexibility index (Phi) is 6.12. The van der Waals surface area contributed by atoms with Crippen molar-refractivity contribution in [2.45, 2.75) is 39.3 Å². The van der Waals surface area contributed by atoms with Crippen LogP contribution in [0, 0.1) is 0 Å². The lowest BCUT2D eigenvalue weighted by molar-refractivity contribution is 0.402. The first-order chi connectivity index (χ1) is 12.6. The molecule has 138 valence electrons. The van der Waals surface area contributed by atoms with Crippen LogP contribution >= 0.6 is 11.6 Å². The number of unbranched alkanes of at least 4 members (excludes halogenated alkanes) is 1. The molecule has 0 saturated carbocycles. The zero-order valence-corrected chi connectivity index (χ0v) is 16.4. The van der Waals surface area contributed by atoms with Crippen LogP contribution in [0.3, 0.4) is 0 Å². The van der Waals surface area contributed by atoms with Crippen LogP contribution in [-0.4, -0.2) is 38.5 Å². The van der Waals surface area contributed by atoms with E-state index in [-0.39, 0.29) is 0 Å². The molecule has 3 rings (SSSR count). The Morgan fingerprint density at radius 3 is 2.81 bits per heavy atom. The maximum Gasteiger partial charge on any atom is 0.162 e. The van der Waals surface area contributed by atoms with Gasteiger partial charge in [0.2, 0.25) is 0 Å². The number of halogens is 1. The number of hydrogen-bond donors (Lipinski definition) is 1. The monoisotopic (exact) mass is 371 g/mol. The smallest absolute Gasteiger partial charge is 0.162 e. The Bertz CT molecular complexity index is 850. The first kappa shape index (κ1) is 18.7. The molecule has 6 heteroatoms. The maximum absolute atomic E-state index is 6.40. The summed E-state index contributed by atoms with van der Waals surface area (Å²) in [4.78, 5) is 14.5. The highest BCUT2D eigenvalue weighted by atomic mass is 35.5. The van der Waals surface area contributed by atoms with Crippen molar-refractivity contribution in [1.82, 2.24) is 24.4 Å². The third-order valence-electron chi connectivity index (χ3n) is 4.25. The minimum Gasteiger partial charge on any atom is -0.332 e. The van der Waals surface area contributed by atoms with Crippen LogP contribution in [0.5, 0.6) is 0 Å². The van der Waals surface area contributed by atoms with E-state index in [0.29, 0.717) is 5.15 Å². The Hall–Kier alpha value is -2.11. The maximum atomic E-state index is 6.40. The molecule has 0 spiro atoms. The summed E-state index contributed by atoms with van der Waals surface area (Å²) in [5.41, 5.74) is 3.27. The number of imidazole rings is 2. The molecule has 1 aromatic carbocycles. The van der Waals surface area contributed by atoms with E-state index in [0.717, 1.165) is 49.7 Å². The van der Waals surface area contributed by atoms with Crippen LogP contribution in [-0.2, 0) is 19.5 Å². The van der Waals surface area contributed by atoms with E-state index in [1.807, 2.05) is 6.20 Å². The van der Waals surface area contributed by atoms with E-state index < -0.39 is 0 Å². The number of aromatic amines is 1. The fourth-order valence-electron chi connectivity index (χ4n) is 3.05. The number of nitrogens with zero attached hydrogens (tertiary/aromatic N) is 4. The highest BCUT2D eigenvalue weighted by molar-refractivity contribution is 6.31. The molecule has 0 unspecified atom stereocenters. The van der Waals surface area contributed by atoms with E-state index in [4.69, 9.17) is 11.6 Å². The molecule has 0 saturated heterocycles. The van der Waals surface area contributed by atoms with Gasteiger partial charge in [0.15, 0.2) is 5.82 Å². The molecule has 0 amide bonds. The van der Waals surface area contributed by atoms with Gasteiger partial charge < -0.3 is 14.5 Å². The number of nitrogens with one attached hydrogen (secondary N) is 1. The molecule has 26 heavy (non-hydrogen) atoms. The van der Waals surface area contributed by atoms with Gasteiger partial charge in [-0.15, -0.1) is 0 Å². The van der Waals surface area contributed by atoms with Crippen molar-refractivity contribution in [2.75, 3.05) is 14.1 Å². The number of aryl methyl sites for hydroxylation is 1. The second-order valence-electron chi connectivity index (χ2n) is 6.89. The molecule has 2 heterocycles. The van der Waals surface area contributed by atoms with Gasteiger partial charge in [-0.25, -0.2) is 9.97 Å². The summed E-state index contributed by atoms with van der Waals surface area (Å²) in [6, 6.07) is 8.64. The molecule has 0 atom stereocenters. The molecule has 5 nitrogen and oxygen atoms in total. The fourth-order valence-corrected chi connectivity index (χ4v) is 3.29. The molecule has 0 fully saturated rings. The molecule has 0 radical (unpaired) electrons. The Labute approximate surface area is 160 Å². The third kappa shape index (κ3) is 4.54. The number of hydrogen-bond acceptors (Lipinski definition) is 3. The number of benzene rings is 1. The summed E-state index contributed by atoms with van der Waals surface area (Å²) in [5.74, 6) is 1.72. The van der Waals surface area contributed by atoms with Crippen LogP contribution in [0.25, 0.3) is 11.5 Å². The summed E-state index contributed by atoms with van der Waals surface area (Å²) >= 11 is 6.40. The molecule has 2 aromatic heterocycles. The minimum absolute atomic E-state index is 0.560. The largest absolute Gasteiger partial charge is 0.332 e. The number of rotatable bonds is 8. The quantitative estimate of drug-likeness (QED) is 0.639. The Morgan fingerprint density at radius 1 is 1.23 bits per heavy atom. The first-order valence-corrected chi connectivity index (χ1v) is 9.43. The van der Waals surface area contributed by atoms with Crippen molar-refractivity contribution >= 4 is 11.6 Å². The zero-order chi connectivity index (χ0) is 18.5. The average Bonchev–Trinajstić information content (AvgIpc) is 3.18. The minimum atomic E-state index is 0.560. The van der Waals surface area contributed by atoms with E-state index in [2.05, 4.69) is 69.7 Å². The second-order valence-corrected chi connectivity index (χ2v) is 7.26. The van der Waals surface area contributed by atoms with Crippen LogP contribution < -0.4 is 0 Å². The van der Waals surface area contributed by atoms with Gasteiger partial charge >= 0.3 is 0 Å². The predicted octanol–water partition coefficient (Wildman–Crippen LogP) is 4.38. The van der Waals surface area contributed by atoms with Crippen LogP contribution in [0.2, 0.25) is 5.15 Å². The second kappa shape index (κ2) is 8.52. The number of H-pyrrole nitrogens is 1. The first-order valence-electron chi connectivity index (χ1n) is 9.05. The van der Waals surface area contributed by atoms with Gasteiger partial charge in [0.25, 0.3) is 0 Å². The van der Waals surface area contributed by atoms with E-state index >= 15 is 0 Å². The average molecular weight is 372 g/mol. The normalized spacial score (nSPS) is 11.4. The summed E-state index contributed by atoms with van der Waals surface area (Å²) < 4.78 is 2.10. The van der Waals surface area contributed by atoms with Gasteiger partial charge in [-0.1, -0.05) is 49.2 Å². The Morgan fingerprint density at radius 2 is 2.04 bits per heavy atom. The molecule has 0 aliphatic heterocycles. The van der Waals surface area contributed by atoms with E-state index in [9.17, 15) is 0 Å². The SMILES string of the molecule is CCCCc1nc(-c2nccn2Cc2cccc(CN(C)C)c2)c(Cl)[nH]1. The lowest BCUT2D eigenvalue weighted by Gasteiger charge is -2.12. The van der Waals surface area contributed by atoms with Crippen molar-refractivity contribution in [3.05, 3.63) is 58.8 Å². The van der Waals surface area contributed by atoms with E-state index in [1.54, 1.807) is 6.20 Å². The van der Waals surface area contributed by atoms with Gasteiger partial charge in [-0.2, -0.15) is 0 Å². The predicted molar refractivity (Wildman–Crippen MR) is 106 cm³/mol. The molecule has 3 aromatic rings. The van der Waals surface area contributed by atoms with Crippen LogP contribution in [0.15, 0.2) is 36.7 Å². The molecule has 1 N–H and O–H groups in total. The zero-order valence-electron chi connectivity index (χ0n) is 15.7. The molecular weight excluding hydrogens is 346 g/mol. The van der Waals surface area contributed by atoms with Crippen molar-refractivity contribution in [3.8, 4) is 11.5 Å². The van der Waals surface area contributed by atoms with Crippen LogP contribution in [0.4, 0.5) is 0 Å². The van der Waals surface area contributed by atoms with Gasteiger partial charge in [0.1, 0.15) is 16.7 Å². The van der Waals surface area contributed by atoms with Gasteiger partial charge in [0.05, 0.1) is 0 Å². The van der Waals surface area contributed by atoms with Crippen molar-refractivity contribution < 1.29 is 0 Å². The topological polar surface area (TPSA) is 49.7 Å². The molecule has 0 bridgehead atoms. The Balaban J connectivity index is 1.82. The number of aromatic nitrogens is 4. The molecule has 0 aliphatic rings.